The predicted molar refractivity (Wildman–Crippen MR) is 101 cm³/mol. The first-order chi connectivity index (χ1) is 12.0. The fourth-order valence-electron chi connectivity index (χ4n) is 3.12. The Kier molecular flexibility index (Phi) is 4.98. The maximum Gasteiger partial charge on any atom is 0.258 e. The first kappa shape index (κ1) is 17.3. The maximum atomic E-state index is 13.0. The van der Waals surface area contributed by atoms with Crippen LogP contribution in [-0.2, 0) is 0 Å². The van der Waals surface area contributed by atoms with Gasteiger partial charge in [0.15, 0.2) is 0 Å². The molecule has 0 fully saturated rings. The van der Waals surface area contributed by atoms with E-state index < -0.39 is 0 Å². The Morgan fingerprint density at radius 1 is 1.12 bits per heavy atom. The second-order valence-electron chi connectivity index (χ2n) is 6.81. The Labute approximate surface area is 149 Å². The first-order valence-electron chi connectivity index (χ1n) is 8.96. The molecule has 0 radical (unpaired) electrons. The lowest BCUT2D eigenvalue weighted by atomic mass is 10.0. The zero-order valence-electron chi connectivity index (χ0n) is 15.3. The van der Waals surface area contributed by atoms with Gasteiger partial charge in [0, 0.05) is 11.7 Å². The second-order valence-corrected chi connectivity index (χ2v) is 6.81. The molecule has 1 heterocycles. The Morgan fingerprint density at radius 3 is 2.60 bits per heavy atom. The summed E-state index contributed by atoms with van der Waals surface area (Å²) in [5.41, 5.74) is 2.62. The first-order valence-corrected chi connectivity index (χ1v) is 8.96. The molecule has 4 heteroatoms. The molecule has 1 aliphatic rings. The minimum Gasteiger partial charge on any atom is -0.491 e. The van der Waals surface area contributed by atoms with Crippen molar-refractivity contribution in [2.75, 3.05) is 5.32 Å². The summed E-state index contributed by atoms with van der Waals surface area (Å²) in [7, 11) is 0. The van der Waals surface area contributed by atoms with Gasteiger partial charge in [-0.05, 0) is 57.0 Å². The standard InChI is InChI=1S/C21H26N2O2/c1-5-15(4)25-17-10-8-9-16(13-17)20-22-19-12-7-6-11-18(19)21(24)23(20)14(2)3/h6-15,20,22H,5H2,1-4H3. The molecule has 2 aromatic rings. The van der Waals surface area contributed by atoms with Crippen LogP contribution in [0.5, 0.6) is 5.75 Å². The monoisotopic (exact) mass is 338 g/mol. The fourth-order valence-corrected chi connectivity index (χ4v) is 3.12. The molecule has 1 amide bonds. The molecular weight excluding hydrogens is 312 g/mol. The van der Waals surface area contributed by atoms with E-state index in [4.69, 9.17) is 4.74 Å². The van der Waals surface area contributed by atoms with Crippen LogP contribution in [0.25, 0.3) is 0 Å². The third-order valence-corrected chi connectivity index (χ3v) is 4.60. The summed E-state index contributed by atoms with van der Waals surface area (Å²) in [6.07, 6.45) is 0.914. The van der Waals surface area contributed by atoms with Crippen LogP contribution >= 0.6 is 0 Å². The van der Waals surface area contributed by atoms with Crippen LogP contribution in [0.15, 0.2) is 48.5 Å². The van der Waals surface area contributed by atoms with E-state index in [1.807, 2.05) is 67.3 Å². The molecule has 0 saturated heterocycles. The number of nitrogens with zero attached hydrogens (tertiary/aromatic N) is 1. The molecule has 0 bridgehead atoms. The normalized spacial score (nSPS) is 17.9. The highest BCUT2D eigenvalue weighted by Crippen LogP contribution is 2.35. The molecular formula is C21H26N2O2. The van der Waals surface area contributed by atoms with Gasteiger partial charge in [0.1, 0.15) is 11.9 Å². The molecule has 2 aromatic carbocycles. The van der Waals surface area contributed by atoms with Gasteiger partial charge in [0.05, 0.1) is 11.7 Å². The molecule has 1 N–H and O–H groups in total. The highest BCUT2D eigenvalue weighted by atomic mass is 16.5. The third-order valence-electron chi connectivity index (χ3n) is 4.60. The number of rotatable bonds is 5. The van der Waals surface area contributed by atoms with E-state index in [2.05, 4.69) is 19.2 Å². The van der Waals surface area contributed by atoms with E-state index in [0.717, 1.165) is 29.0 Å². The highest BCUT2D eigenvalue weighted by Gasteiger charge is 2.34. The number of hydrogen-bond acceptors (Lipinski definition) is 3. The minimum absolute atomic E-state index is 0.0580. The summed E-state index contributed by atoms with van der Waals surface area (Å²) < 4.78 is 5.96. The molecule has 2 atom stereocenters. The Morgan fingerprint density at radius 2 is 1.88 bits per heavy atom. The topological polar surface area (TPSA) is 41.6 Å². The van der Waals surface area contributed by atoms with Crippen LogP contribution in [-0.4, -0.2) is 23.0 Å². The van der Waals surface area contributed by atoms with Gasteiger partial charge in [-0.15, -0.1) is 0 Å². The van der Waals surface area contributed by atoms with Crippen molar-refractivity contribution in [2.24, 2.45) is 0 Å². The van der Waals surface area contributed by atoms with Gasteiger partial charge >= 0.3 is 0 Å². The minimum atomic E-state index is -0.206. The zero-order valence-corrected chi connectivity index (χ0v) is 15.3. The summed E-state index contributed by atoms with van der Waals surface area (Å²) in [5, 5.41) is 3.52. The number of nitrogens with one attached hydrogen (secondary N) is 1. The zero-order chi connectivity index (χ0) is 18.0. The number of carbonyl (C=O) groups excluding carboxylic acids is 1. The average Bonchev–Trinajstić information content (AvgIpc) is 2.61. The van der Waals surface area contributed by atoms with E-state index in [0.29, 0.717) is 0 Å². The molecule has 4 nitrogen and oxygen atoms in total. The molecule has 3 rings (SSSR count). The van der Waals surface area contributed by atoms with Crippen LogP contribution in [0.4, 0.5) is 5.69 Å². The number of fused-ring (bicyclic) bond motifs is 1. The molecule has 2 unspecified atom stereocenters. The summed E-state index contributed by atoms with van der Waals surface area (Å²) in [6, 6.07) is 15.8. The Balaban J connectivity index is 1.97. The van der Waals surface area contributed by atoms with Crippen molar-refractivity contribution >= 4 is 11.6 Å². The fraction of sp³-hybridized carbons (Fsp3) is 0.381. The quantitative estimate of drug-likeness (QED) is 0.848. The van der Waals surface area contributed by atoms with E-state index in [9.17, 15) is 4.79 Å². The molecule has 25 heavy (non-hydrogen) atoms. The number of benzene rings is 2. The maximum absolute atomic E-state index is 13.0. The van der Waals surface area contributed by atoms with Crippen molar-refractivity contribution in [1.82, 2.24) is 4.90 Å². The van der Waals surface area contributed by atoms with Gasteiger partial charge < -0.3 is 15.0 Å². The molecule has 132 valence electrons. The molecule has 0 saturated carbocycles. The lowest BCUT2D eigenvalue weighted by Crippen LogP contribution is -2.46. The predicted octanol–water partition coefficient (Wildman–Crippen LogP) is 4.84. The summed E-state index contributed by atoms with van der Waals surface area (Å²) in [5.74, 6) is 0.895. The van der Waals surface area contributed by atoms with E-state index in [1.54, 1.807) is 0 Å². The van der Waals surface area contributed by atoms with Crippen molar-refractivity contribution in [1.29, 1.82) is 0 Å². The number of anilines is 1. The van der Waals surface area contributed by atoms with Crippen LogP contribution in [0.2, 0.25) is 0 Å². The highest BCUT2D eigenvalue weighted by molar-refractivity contribution is 6.01. The lowest BCUT2D eigenvalue weighted by Gasteiger charge is -2.40. The number of ether oxygens (including phenoxy) is 1. The van der Waals surface area contributed by atoms with Gasteiger partial charge in [0.25, 0.3) is 5.91 Å². The lowest BCUT2D eigenvalue weighted by molar-refractivity contribution is 0.0616. The molecule has 0 spiro atoms. The number of carbonyl (C=O) groups is 1. The molecule has 0 aromatic heterocycles. The second kappa shape index (κ2) is 7.18. The number of para-hydroxylation sites is 1. The van der Waals surface area contributed by atoms with Crippen LogP contribution in [0.1, 0.15) is 56.2 Å². The smallest absolute Gasteiger partial charge is 0.258 e. The van der Waals surface area contributed by atoms with Crippen molar-refractivity contribution in [3.05, 3.63) is 59.7 Å². The molecule has 0 aliphatic carbocycles. The van der Waals surface area contributed by atoms with E-state index >= 15 is 0 Å². The van der Waals surface area contributed by atoms with E-state index in [1.165, 1.54) is 0 Å². The Hall–Kier alpha value is -2.49. The van der Waals surface area contributed by atoms with Gasteiger partial charge in [-0.3, -0.25) is 4.79 Å². The summed E-state index contributed by atoms with van der Waals surface area (Å²) in [6.45, 7) is 8.25. The van der Waals surface area contributed by atoms with Gasteiger partial charge in [-0.1, -0.05) is 31.2 Å². The summed E-state index contributed by atoms with van der Waals surface area (Å²) >= 11 is 0. The van der Waals surface area contributed by atoms with Crippen LogP contribution < -0.4 is 10.1 Å². The number of amides is 1. The molecule has 1 aliphatic heterocycles. The van der Waals surface area contributed by atoms with Crippen molar-refractivity contribution in [3.8, 4) is 5.75 Å². The van der Waals surface area contributed by atoms with E-state index in [-0.39, 0.29) is 24.2 Å². The van der Waals surface area contributed by atoms with Gasteiger partial charge in [0.2, 0.25) is 0 Å². The van der Waals surface area contributed by atoms with Crippen molar-refractivity contribution < 1.29 is 9.53 Å². The van der Waals surface area contributed by atoms with Crippen LogP contribution in [0, 0.1) is 0 Å². The van der Waals surface area contributed by atoms with Gasteiger partial charge in [-0.2, -0.15) is 0 Å². The van der Waals surface area contributed by atoms with Crippen molar-refractivity contribution in [2.45, 2.75) is 52.4 Å². The number of hydrogen-bond donors (Lipinski definition) is 1. The third kappa shape index (κ3) is 3.48. The van der Waals surface area contributed by atoms with Crippen LogP contribution in [0.3, 0.4) is 0 Å². The average molecular weight is 338 g/mol. The SMILES string of the molecule is CCC(C)Oc1cccc(C2Nc3ccccc3C(=O)N2C(C)C)c1. The van der Waals surface area contributed by atoms with Gasteiger partial charge in [-0.25, -0.2) is 0 Å². The van der Waals surface area contributed by atoms with Crippen molar-refractivity contribution in [3.63, 3.8) is 0 Å². The Bertz CT molecular complexity index is 757. The summed E-state index contributed by atoms with van der Waals surface area (Å²) in [4.78, 5) is 14.9. The largest absolute Gasteiger partial charge is 0.491 e.